The summed E-state index contributed by atoms with van der Waals surface area (Å²) in [7, 11) is 0. The number of hydrogen-bond acceptors (Lipinski definition) is 3. The van der Waals surface area contributed by atoms with Crippen molar-refractivity contribution < 1.29 is 18.0 Å². The van der Waals surface area contributed by atoms with E-state index in [0.717, 1.165) is 25.3 Å². The molecule has 0 bridgehead atoms. The highest BCUT2D eigenvalue weighted by atomic mass is 19.4. The van der Waals surface area contributed by atoms with Gasteiger partial charge in [-0.2, -0.15) is 18.3 Å². The van der Waals surface area contributed by atoms with E-state index < -0.39 is 11.7 Å². The molecule has 3 rings (SSSR count). The number of halogens is 3. The molecule has 5 nitrogen and oxygen atoms in total. The van der Waals surface area contributed by atoms with E-state index in [-0.39, 0.29) is 41.1 Å². The van der Waals surface area contributed by atoms with E-state index in [9.17, 15) is 18.0 Å². The first kappa shape index (κ1) is 17.7. The first-order valence-corrected chi connectivity index (χ1v) is 8.45. The number of carbonyl (C=O) groups excluding carboxylic acids is 1. The van der Waals surface area contributed by atoms with Gasteiger partial charge in [0.15, 0.2) is 5.65 Å². The third-order valence-corrected chi connectivity index (χ3v) is 4.51. The number of aryl methyl sites for hydroxylation is 1. The zero-order valence-corrected chi connectivity index (χ0v) is 14.4. The summed E-state index contributed by atoms with van der Waals surface area (Å²) < 4.78 is 41.8. The number of nitrogens with zero attached hydrogens (tertiary/aromatic N) is 3. The van der Waals surface area contributed by atoms with Crippen molar-refractivity contribution in [1.29, 1.82) is 0 Å². The number of fused-ring (bicyclic) bond motifs is 1. The summed E-state index contributed by atoms with van der Waals surface area (Å²) in [6.45, 7) is 5.18. The van der Waals surface area contributed by atoms with Crippen molar-refractivity contribution in [3.8, 4) is 0 Å². The molecule has 1 saturated carbocycles. The molecule has 25 heavy (non-hydrogen) atoms. The zero-order valence-electron chi connectivity index (χ0n) is 14.4. The largest absolute Gasteiger partial charge is 0.417 e. The fraction of sp³-hybridized carbons (Fsp3) is 0.588. The Labute approximate surface area is 143 Å². The van der Waals surface area contributed by atoms with Gasteiger partial charge in [-0.05, 0) is 39.2 Å². The summed E-state index contributed by atoms with van der Waals surface area (Å²) in [4.78, 5) is 16.5. The van der Waals surface area contributed by atoms with Gasteiger partial charge in [0.1, 0.15) is 6.54 Å². The smallest absolute Gasteiger partial charge is 0.352 e. The Hall–Kier alpha value is -2.12. The highest BCUT2D eigenvalue weighted by Crippen LogP contribution is 2.43. The van der Waals surface area contributed by atoms with E-state index in [4.69, 9.17) is 0 Å². The summed E-state index contributed by atoms with van der Waals surface area (Å²) >= 11 is 0. The number of nitrogens with one attached hydrogen (secondary N) is 1. The Balaban J connectivity index is 2.05. The van der Waals surface area contributed by atoms with Crippen molar-refractivity contribution >= 4 is 16.9 Å². The molecule has 1 amide bonds. The van der Waals surface area contributed by atoms with Crippen LogP contribution in [0.25, 0.3) is 11.0 Å². The minimum absolute atomic E-state index is 0.00357. The molecule has 1 fully saturated rings. The molecule has 0 aliphatic heterocycles. The van der Waals surface area contributed by atoms with Crippen LogP contribution in [0.4, 0.5) is 13.2 Å². The molecule has 8 heteroatoms. The molecule has 1 N–H and O–H groups in total. The lowest BCUT2D eigenvalue weighted by Crippen LogP contribution is -2.34. The molecule has 0 saturated heterocycles. The predicted octanol–water partition coefficient (Wildman–Crippen LogP) is 3.55. The first-order valence-electron chi connectivity index (χ1n) is 8.45. The van der Waals surface area contributed by atoms with Gasteiger partial charge in [-0.25, -0.2) is 9.67 Å². The van der Waals surface area contributed by atoms with Gasteiger partial charge in [-0.15, -0.1) is 0 Å². The molecule has 1 aliphatic carbocycles. The second-order valence-electron chi connectivity index (χ2n) is 6.69. The second kappa shape index (κ2) is 6.31. The molecule has 2 aromatic rings. The number of amides is 1. The summed E-state index contributed by atoms with van der Waals surface area (Å²) in [5.41, 5.74) is 0.0795. The standard InChI is InChI=1S/C17H21F3N4O/c1-4-9(2)21-14(25)8-24-16-15(10(3)23-24)12(17(18,19)20)7-13(22-16)11-5-6-11/h7,9,11H,4-6,8H2,1-3H3,(H,21,25). The lowest BCUT2D eigenvalue weighted by atomic mass is 10.1. The predicted molar refractivity (Wildman–Crippen MR) is 87.1 cm³/mol. The maximum Gasteiger partial charge on any atom is 0.417 e. The fourth-order valence-corrected chi connectivity index (χ4v) is 2.85. The van der Waals surface area contributed by atoms with E-state index in [2.05, 4.69) is 15.4 Å². The van der Waals surface area contributed by atoms with Crippen LogP contribution in [-0.2, 0) is 17.5 Å². The normalized spacial score (nSPS) is 16.2. The summed E-state index contributed by atoms with van der Waals surface area (Å²) in [5.74, 6) is -0.214. The lowest BCUT2D eigenvalue weighted by molar-refractivity contribution is -0.136. The minimum atomic E-state index is -4.48. The number of carbonyl (C=O) groups is 1. The topological polar surface area (TPSA) is 59.8 Å². The van der Waals surface area contributed by atoms with Gasteiger partial charge in [0, 0.05) is 17.7 Å². The van der Waals surface area contributed by atoms with Crippen molar-refractivity contribution in [2.75, 3.05) is 0 Å². The molecule has 136 valence electrons. The summed E-state index contributed by atoms with van der Waals surface area (Å²) in [5, 5.41) is 6.93. The van der Waals surface area contributed by atoms with Gasteiger partial charge < -0.3 is 5.32 Å². The van der Waals surface area contributed by atoms with Gasteiger partial charge in [0.05, 0.1) is 16.6 Å². The molecule has 0 radical (unpaired) electrons. The number of rotatable bonds is 5. The Bertz CT molecular complexity index is 808. The molecule has 0 aromatic carbocycles. The Morgan fingerprint density at radius 1 is 1.44 bits per heavy atom. The van der Waals surface area contributed by atoms with Crippen LogP contribution in [0.5, 0.6) is 0 Å². The number of alkyl halides is 3. The summed E-state index contributed by atoms with van der Waals surface area (Å²) in [6, 6.07) is 1.13. The molecule has 1 atom stereocenters. The average Bonchev–Trinajstić information content (AvgIpc) is 3.32. The van der Waals surface area contributed by atoms with Gasteiger partial charge in [0.25, 0.3) is 0 Å². The maximum atomic E-state index is 13.5. The van der Waals surface area contributed by atoms with E-state index in [0.29, 0.717) is 5.69 Å². The molecule has 1 aliphatic rings. The summed E-state index contributed by atoms with van der Waals surface area (Å²) in [6.07, 6.45) is -2.02. The van der Waals surface area contributed by atoms with Crippen molar-refractivity contribution in [2.24, 2.45) is 0 Å². The third kappa shape index (κ3) is 3.62. The van der Waals surface area contributed by atoms with Crippen LogP contribution >= 0.6 is 0 Å². The lowest BCUT2D eigenvalue weighted by Gasteiger charge is -2.13. The van der Waals surface area contributed by atoms with Crippen LogP contribution in [0.1, 0.15) is 56.0 Å². The van der Waals surface area contributed by atoms with Crippen molar-refractivity contribution in [3.63, 3.8) is 0 Å². The Morgan fingerprint density at radius 2 is 2.12 bits per heavy atom. The molecular formula is C17H21F3N4O. The second-order valence-corrected chi connectivity index (χ2v) is 6.69. The minimum Gasteiger partial charge on any atom is -0.352 e. The quantitative estimate of drug-likeness (QED) is 0.893. The molecular weight excluding hydrogens is 333 g/mol. The maximum absolute atomic E-state index is 13.5. The van der Waals surface area contributed by atoms with E-state index in [1.807, 2.05) is 13.8 Å². The SMILES string of the molecule is CCC(C)NC(=O)Cn1nc(C)c2c(C(F)(F)F)cc(C3CC3)nc21. The zero-order chi connectivity index (χ0) is 18.4. The first-order chi connectivity index (χ1) is 11.7. The fourth-order valence-electron chi connectivity index (χ4n) is 2.85. The van der Waals surface area contributed by atoms with Gasteiger partial charge in [0.2, 0.25) is 5.91 Å². The van der Waals surface area contributed by atoms with Gasteiger partial charge in [-0.1, -0.05) is 6.92 Å². The molecule has 2 aromatic heterocycles. The van der Waals surface area contributed by atoms with Gasteiger partial charge >= 0.3 is 6.18 Å². The molecule has 1 unspecified atom stereocenters. The average molecular weight is 354 g/mol. The highest BCUT2D eigenvalue weighted by Gasteiger charge is 2.37. The molecule has 2 heterocycles. The Kier molecular flexibility index (Phi) is 4.47. The Morgan fingerprint density at radius 3 is 2.68 bits per heavy atom. The van der Waals surface area contributed by atoms with Crippen molar-refractivity contribution in [2.45, 2.75) is 64.7 Å². The third-order valence-electron chi connectivity index (χ3n) is 4.51. The van der Waals surface area contributed by atoms with Crippen LogP contribution in [0.15, 0.2) is 6.07 Å². The van der Waals surface area contributed by atoms with Gasteiger partial charge in [-0.3, -0.25) is 4.79 Å². The van der Waals surface area contributed by atoms with E-state index in [1.54, 1.807) is 0 Å². The van der Waals surface area contributed by atoms with Crippen molar-refractivity contribution in [3.05, 3.63) is 23.0 Å². The van der Waals surface area contributed by atoms with E-state index >= 15 is 0 Å². The van der Waals surface area contributed by atoms with Crippen LogP contribution in [0.2, 0.25) is 0 Å². The number of hydrogen-bond donors (Lipinski definition) is 1. The number of pyridine rings is 1. The van der Waals surface area contributed by atoms with Crippen LogP contribution in [0, 0.1) is 6.92 Å². The van der Waals surface area contributed by atoms with Crippen molar-refractivity contribution in [1.82, 2.24) is 20.1 Å². The van der Waals surface area contributed by atoms with E-state index in [1.165, 1.54) is 11.6 Å². The number of aromatic nitrogens is 3. The monoisotopic (exact) mass is 354 g/mol. The van der Waals surface area contributed by atoms with Crippen LogP contribution in [0.3, 0.4) is 0 Å². The molecule has 0 spiro atoms. The van der Waals surface area contributed by atoms with Crippen LogP contribution < -0.4 is 5.32 Å². The highest BCUT2D eigenvalue weighted by molar-refractivity contribution is 5.85. The van der Waals surface area contributed by atoms with Crippen LogP contribution in [-0.4, -0.2) is 26.7 Å².